The van der Waals surface area contributed by atoms with Crippen molar-refractivity contribution in [3.63, 3.8) is 0 Å². The molecular formula is C20H22N2O. The highest BCUT2D eigenvalue weighted by atomic mass is 16.2. The van der Waals surface area contributed by atoms with Gasteiger partial charge >= 0.3 is 0 Å². The van der Waals surface area contributed by atoms with E-state index in [9.17, 15) is 4.79 Å². The highest BCUT2D eigenvalue weighted by Crippen LogP contribution is 2.31. The Kier molecular flexibility index (Phi) is 4.34. The molecule has 2 atom stereocenters. The van der Waals surface area contributed by atoms with Gasteiger partial charge in [0.2, 0.25) is 5.91 Å². The van der Waals surface area contributed by atoms with Gasteiger partial charge in [-0.15, -0.1) is 0 Å². The van der Waals surface area contributed by atoms with Crippen LogP contribution in [0.2, 0.25) is 0 Å². The number of carbonyl (C=O) groups is 1. The zero-order chi connectivity index (χ0) is 16.4. The van der Waals surface area contributed by atoms with E-state index in [4.69, 9.17) is 0 Å². The Hall–Kier alpha value is -2.34. The zero-order valence-corrected chi connectivity index (χ0v) is 14.0. The Bertz CT molecular complexity index is 731. The van der Waals surface area contributed by atoms with Crippen molar-refractivity contribution in [3.8, 4) is 11.8 Å². The molecule has 0 radical (unpaired) electrons. The first-order valence-corrected chi connectivity index (χ1v) is 8.17. The number of rotatable bonds is 1. The van der Waals surface area contributed by atoms with Crippen LogP contribution in [0.4, 0.5) is 0 Å². The van der Waals surface area contributed by atoms with E-state index in [1.54, 1.807) is 6.92 Å². The predicted octanol–water partition coefficient (Wildman–Crippen LogP) is 3.51. The standard InChI is InChI=1S/C20H22N2O/c1-14-8-10-19(13-21-14)17-6-4-5-7-20-18(12-17)11-9-15(2)22(20)16(3)23/h6,8,10,12-13,15,20H,4,9,11H2,1-3H3/b17-6+,18-12?/t15-,20?/m0/s1. The molecule has 118 valence electrons. The monoisotopic (exact) mass is 306 g/mol. The fraction of sp³-hybridized carbons (Fsp3) is 0.400. The molecule has 0 spiro atoms. The number of pyridine rings is 1. The molecule has 3 heteroatoms. The summed E-state index contributed by atoms with van der Waals surface area (Å²) in [6.07, 6.45) is 8.95. The number of hydrogen-bond donors (Lipinski definition) is 0. The number of nitrogens with zero attached hydrogens (tertiary/aromatic N) is 2. The van der Waals surface area contributed by atoms with Crippen molar-refractivity contribution in [2.45, 2.75) is 52.1 Å². The summed E-state index contributed by atoms with van der Waals surface area (Å²) in [4.78, 5) is 18.4. The number of piperidine rings is 1. The van der Waals surface area contributed by atoms with Gasteiger partial charge < -0.3 is 4.90 Å². The maximum atomic E-state index is 12.1. The number of carbonyl (C=O) groups excluding carboxylic acids is 1. The first-order chi connectivity index (χ1) is 11.1. The minimum absolute atomic E-state index is 0.0849. The highest BCUT2D eigenvalue weighted by molar-refractivity contribution is 5.78. The molecule has 1 saturated heterocycles. The first-order valence-electron chi connectivity index (χ1n) is 8.17. The van der Waals surface area contributed by atoms with Crippen LogP contribution in [0.25, 0.3) is 5.57 Å². The molecule has 0 saturated carbocycles. The summed E-state index contributed by atoms with van der Waals surface area (Å²) in [6, 6.07) is 4.29. The molecule has 1 fully saturated rings. The SMILES string of the molecule is CC(=O)N1C2C#CC/C=C(/c3ccc(C)nc3)C=C2CC[C@@H]1C. The van der Waals surface area contributed by atoms with Crippen LogP contribution < -0.4 is 0 Å². The average Bonchev–Trinajstić information content (AvgIpc) is 2.49. The lowest BCUT2D eigenvalue weighted by Crippen LogP contribution is -2.48. The van der Waals surface area contributed by atoms with Crippen LogP contribution in [0, 0.1) is 18.8 Å². The van der Waals surface area contributed by atoms with Crippen LogP contribution in [-0.4, -0.2) is 27.9 Å². The lowest BCUT2D eigenvalue weighted by atomic mass is 9.88. The normalized spacial score (nSPS) is 25.8. The molecule has 23 heavy (non-hydrogen) atoms. The number of hydrogen-bond acceptors (Lipinski definition) is 2. The van der Waals surface area contributed by atoms with Crippen LogP contribution in [0.1, 0.15) is 44.4 Å². The van der Waals surface area contributed by atoms with Crippen molar-refractivity contribution < 1.29 is 4.79 Å². The number of likely N-dealkylation sites (tertiary alicyclic amines) is 1. The van der Waals surface area contributed by atoms with Crippen molar-refractivity contribution in [2.24, 2.45) is 0 Å². The van der Waals surface area contributed by atoms with Crippen molar-refractivity contribution >= 4 is 11.5 Å². The number of amides is 1. The average molecular weight is 306 g/mol. The van der Waals surface area contributed by atoms with E-state index in [2.05, 4.69) is 42.0 Å². The van der Waals surface area contributed by atoms with Crippen molar-refractivity contribution in [3.05, 3.63) is 47.3 Å². The molecule has 0 aromatic carbocycles. The maximum Gasteiger partial charge on any atom is 0.220 e. The Balaban J connectivity index is 2.00. The van der Waals surface area contributed by atoms with E-state index < -0.39 is 0 Å². The second-order valence-electron chi connectivity index (χ2n) is 6.31. The molecule has 3 nitrogen and oxygen atoms in total. The zero-order valence-electron chi connectivity index (χ0n) is 14.0. The summed E-state index contributed by atoms with van der Waals surface area (Å²) in [5.74, 6) is 6.62. The molecule has 1 unspecified atom stereocenters. The number of fused-ring (bicyclic) bond motifs is 1. The van der Waals surface area contributed by atoms with Crippen LogP contribution >= 0.6 is 0 Å². The van der Waals surface area contributed by atoms with E-state index in [0.717, 1.165) is 29.7 Å². The predicted molar refractivity (Wildman–Crippen MR) is 92.4 cm³/mol. The van der Waals surface area contributed by atoms with Crippen LogP contribution in [0.15, 0.2) is 36.1 Å². The van der Waals surface area contributed by atoms with Gasteiger partial charge in [0.25, 0.3) is 0 Å². The molecule has 0 N–H and O–H groups in total. The van der Waals surface area contributed by atoms with Crippen LogP contribution in [0.5, 0.6) is 0 Å². The summed E-state index contributed by atoms with van der Waals surface area (Å²) in [6.45, 7) is 5.74. The number of aromatic nitrogens is 1. The second-order valence-corrected chi connectivity index (χ2v) is 6.31. The van der Waals surface area contributed by atoms with Gasteiger partial charge in [-0.2, -0.15) is 0 Å². The fourth-order valence-electron chi connectivity index (χ4n) is 3.30. The summed E-state index contributed by atoms with van der Waals surface area (Å²) < 4.78 is 0. The lowest BCUT2D eigenvalue weighted by Gasteiger charge is -2.39. The Morgan fingerprint density at radius 2 is 2.22 bits per heavy atom. The van der Waals surface area contributed by atoms with Gasteiger partial charge in [-0.1, -0.05) is 30.1 Å². The van der Waals surface area contributed by atoms with Crippen molar-refractivity contribution in [2.75, 3.05) is 0 Å². The van der Waals surface area contributed by atoms with Gasteiger partial charge in [-0.3, -0.25) is 9.78 Å². The minimum Gasteiger partial charge on any atom is -0.323 e. The van der Waals surface area contributed by atoms with Crippen molar-refractivity contribution in [1.29, 1.82) is 0 Å². The number of aryl methyl sites for hydroxylation is 1. The molecule has 2 heterocycles. The third-order valence-corrected chi connectivity index (χ3v) is 4.57. The van der Waals surface area contributed by atoms with E-state index in [1.165, 1.54) is 5.57 Å². The summed E-state index contributed by atoms with van der Waals surface area (Å²) in [7, 11) is 0. The van der Waals surface area contributed by atoms with Gasteiger partial charge in [-0.05, 0) is 49.5 Å². The molecule has 3 rings (SSSR count). The molecule has 1 amide bonds. The molecular weight excluding hydrogens is 284 g/mol. The first kappa shape index (κ1) is 15.6. The quantitative estimate of drug-likeness (QED) is 0.744. The largest absolute Gasteiger partial charge is 0.323 e. The lowest BCUT2D eigenvalue weighted by molar-refractivity contribution is -0.132. The van der Waals surface area contributed by atoms with Crippen LogP contribution in [-0.2, 0) is 4.79 Å². The van der Waals surface area contributed by atoms with Crippen molar-refractivity contribution in [1.82, 2.24) is 9.88 Å². The molecule has 0 bridgehead atoms. The van der Waals surface area contributed by atoms with Gasteiger partial charge in [-0.25, -0.2) is 0 Å². The van der Waals surface area contributed by atoms with Gasteiger partial charge in [0.15, 0.2) is 0 Å². The molecule has 1 aromatic rings. The van der Waals surface area contributed by atoms with Crippen LogP contribution in [0.3, 0.4) is 0 Å². The minimum atomic E-state index is -0.0849. The fourth-order valence-corrected chi connectivity index (χ4v) is 3.30. The Morgan fingerprint density at radius 1 is 1.39 bits per heavy atom. The van der Waals surface area contributed by atoms with Gasteiger partial charge in [0.1, 0.15) is 6.04 Å². The highest BCUT2D eigenvalue weighted by Gasteiger charge is 2.32. The maximum absolute atomic E-state index is 12.1. The molecule has 1 aliphatic heterocycles. The molecule has 2 aliphatic rings. The number of allylic oxidation sites excluding steroid dienone is 3. The van der Waals surface area contributed by atoms with E-state index in [-0.39, 0.29) is 18.0 Å². The summed E-state index contributed by atoms with van der Waals surface area (Å²) >= 11 is 0. The third kappa shape index (κ3) is 3.22. The smallest absolute Gasteiger partial charge is 0.220 e. The summed E-state index contributed by atoms with van der Waals surface area (Å²) in [5.41, 5.74) is 4.51. The third-order valence-electron chi connectivity index (χ3n) is 4.57. The topological polar surface area (TPSA) is 33.2 Å². The summed E-state index contributed by atoms with van der Waals surface area (Å²) in [5, 5.41) is 0. The van der Waals surface area contributed by atoms with E-state index >= 15 is 0 Å². The van der Waals surface area contributed by atoms with E-state index in [0.29, 0.717) is 6.42 Å². The Morgan fingerprint density at radius 3 is 2.91 bits per heavy atom. The van der Waals surface area contributed by atoms with E-state index in [1.807, 2.05) is 24.1 Å². The van der Waals surface area contributed by atoms with Gasteiger partial charge in [0, 0.05) is 31.3 Å². The Labute approximate surface area is 138 Å². The molecule has 1 aromatic heterocycles. The van der Waals surface area contributed by atoms with Gasteiger partial charge in [0.05, 0.1) is 0 Å². The molecule has 1 aliphatic carbocycles. The second kappa shape index (κ2) is 6.42.